The van der Waals surface area contributed by atoms with Gasteiger partial charge in [0.15, 0.2) is 6.10 Å². The minimum atomic E-state index is -0.786. The molecule has 0 aliphatic heterocycles. The Kier molecular flexibility index (Phi) is 6.20. The van der Waals surface area contributed by atoms with Crippen molar-refractivity contribution in [1.82, 2.24) is 5.32 Å². The van der Waals surface area contributed by atoms with Crippen molar-refractivity contribution < 1.29 is 19.1 Å². The molecule has 0 spiro atoms. The van der Waals surface area contributed by atoms with Gasteiger partial charge in [0.2, 0.25) is 0 Å². The van der Waals surface area contributed by atoms with E-state index in [4.69, 9.17) is 9.47 Å². The molecular formula is C18H23NO4. The van der Waals surface area contributed by atoms with Gasteiger partial charge in [-0.15, -0.1) is 0 Å². The van der Waals surface area contributed by atoms with Crippen LogP contribution in [0, 0.1) is 5.92 Å². The number of benzene rings is 1. The second-order valence-electron chi connectivity index (χ2n) is 5.67. The summed E-state index contributed by atoms with van der Waals surface area (Å²) in [7, 11) is 1.61. The molecule has 1 aliphatic rings. The van der Waals surface area contributed by atoms with Crippen LogP contribution < -0.4 is 10.1 Å². The second kappa shape index (κ2) is 8.36. The molecule has 0 radical (unpaired) electrons. The first-order valence-electron chi connectivity index (χ1n) is 7.85. The van der Waals surface area contributed by atoms with Crippen molar-refractivity contribution in [3.63, 3.8) is 0 Å². The number of nitrogens with one attached hydrogen (secondary N) is 1. The maximum atomic E-state index is 12.0. The van der Waals surface area contributed by atoms with Gasteiger partial charge in [0.25, 0.3) is 5.91 Å². The average molecular weight is 317 g/mol. The van der Waals surface area contributed by atoms with Crippen LogP contribution in [-0.2, 0) is 20.9 Å². The number of rotatable bonds is 7. The number of carbonyl (C=O) groups is 2. The van der Waals surface area contributed by atoms with Crippen molar-refractivity contribution >= 4 is 11.9 Å². The van der Waals surface area contributed by atoms with Crippen LogP contribution in [0.3, 0.4) is 0 Å². The van der Waals surface area contributed by atoms with E-state index in [2.05, 4.69) is 11.4 Å². The molecule has 0 saturated heterocycles. The summed E-state index contributed by atoms with van der Waals surface area (Å²) in [6.45, 7) is 1.97. The van der Waals surface area contributed by atoms with Crippen LogP contribution in [0.2, 0.25) is 0 Å². The number of methoxy groups -OCH3 is 1. The number of hydrogen-bond donors (Lipinski definition) is 1. The van der Waals surface area contributed by atoms with E-state index in [0.29, 0.717) is 13.0 Å². The third kappa shape index (κ3) is 5.43. The van der Waals surface area contributed by atoms with E-state index in [1.54, 1.807) is 14.0 Å². The van der Waals surface area contributed by atoms with Crippen LogP contribution in [0.25, 0.3) is 0 Å². The highest BCUT2D eigenvalue weighted by Crippen LogP contribution is 2.21. The van der Waals surface area contributed by atoms with Crippen LogP contribution in [0.15, 0.2) is 36.4 Å². The minimum absolute atomic E-state index is 0.247. The number of hydrogen-bond acceptors (Lipinski definition) is 4. The lowest BCUT2D eigenvalue weighted by Crippen LogP contribution is -2.35. The zero-order valence-corrected chi connectivity index (χ0v) is 13.6. The lowest BCUT2D eigenvalue weighted by molar-refractivity contribution is -0.155. The van der Waals surface area contributed by atoms with Gasteiger partial charge in [0, 0.05) is 6.54 Å². The predicted molar refractivity (Wildman–Crippen MR) is 86.9 cm³/mol. The van der Waals surface area contributed by atoms with Crippen molar-refractivity contribution in [1.29, 1.82) is 0 Å². The molecule has 2 rings (SSSR count). The van der Waals surface area contributed by atoms with E-state index in [-0.39, 0.29) is 17.8 Å². The largest absolute Gasteiger partial charge is 0.497 e. The molecule has 2 atom stereocenters. The van der Waals surface area contributed by atoms with Crippen molar-refractivity contribution in [2.75, 3.05) is 7.11 Å². The SMILES string of the molecule is COc1ccc(CNC(=O)[C@@H](C)OC(=O)C[C@@H]2C=CCC2)cc1. The summed E-state index contributed by atoms with van der Waals surface area (Å²) in [4.78, 5) is 23.8. The first-order valence-corrected chi connectivity index (χ1v) is 7.85. The van der Waals surface area contributed by atoms with Crippen molar-refractivity contribution in [2.24, 2.45) is 5.92 Å². The van der Waals surface area contributed by atoms with E-state index < -0.39 is 6.10 Å². The van der Waals surface area contributed by atoms with E-state index in [0.717, 1.165) is 24.2 Å². The Morgan fingerprint density at radius 3 is 2.65 bits per heavy atom. The van der Waals surface area contributed by atoms with E-state index in [9.17, 15) is 9.59 Å². The van der Waals surface area contributed by atoms with Gasteiger partial charge in [-0.2, -0.15) is 0 Å². The molecule has 1 aromatic rings. The molecule has 0 saturated carbocycles. The fourth-order valence-electron chi connectivity index (χ4n) is 2.45. The number of allylic oxidation sites excluding steroid dienone is 2. The highest BCUT2D eigenvalue weighted by atomic mass is 16.5. The first kappa shape index (κ1) is 17.1. The van der Waals surface area contributed by atoms with Gasteiger partial charge < -0.3 is 14.8 Å². The van der Waals surface area contributed by atoms with Crippen molar-refractivity contribution in [3.05, 3.63) is 42.0 Å². The van der Waals surface area contributed by atoms with Gasteiger partial charge in [-0.1, -0.05) is 24.3 Å². The zero-order valence-electron chi connectivity index (χ0n) is 13.6. The molecule has 0 aromatic heterocycles. The maximum absolute atomic E-state index is 12.0. The smallest absolute Gasteiger partial charge is 0.307 e. The Hall–Kier alpha value is -2.30. The summed E-state index contributed by atoms with van der Waals surface area (Å²) in [6.07, 6.45) is 5.65. The van der Waals surface area contributed by atoms with Crippen LogP contribution in [-0.4, -0.2) is 25.1 Å². The third-order valence-electron chi connectivity index (χ3n) is 3.84. The fourth-order valence-corrected chi connectivity index (χ4v) is 2.45. The summed E-state index contributed by atoms with van der Waals surface area (Å²) in [5, 5.41) is 2.76. The quantitative estimate of drug-likeness (QED) is 0.620. The third-order valence-corrected chi connectivity index (χ3v) is 3.84. The van der Waals surface area contributed by atoms with Crippen LogP contribution in [0.1, 0.15) is 31.7 Å². The van der Waals surface area contributed by atoms with Crippen molar-refractivity contribution in [3.8, 4) is 5.75 Å². The summed E-state index contributed by atoms with van der Waals surface area (Å²) in [5.74, 6) is 0.394. The molecule has 0 unspecified atom stereocenters. The predicted octanol–water partition coefficient (Wildman–Crippen LogP) is 2.60. The van der Waals surface area contributed by atoms with Gasteiger partial charge in [0.1, 0.15) is 5.75 Å². The second-order valence-corrected chi connectivity index (χ2v) is 5.67. The molecule has 124 valence electrons. The number of esters is 1. The van der Waals surface area contributed by atoms with Crippen molar-refractivity contribution in [2.45, 2.75) is 38.8 Å². The molecule has 1 aliphatic carbocycles. The topological polar surface area (TPSA) is 64.6 Å². The summed E-state index contributed by atoms with van der Waals surface area (Å²) in [5.41, 5.74) is 0.953. The van der Waals surface area contributed by atoms with Crippen LogP contribution >= 0.6 is 0 Å². The normalized spacial score (nSPS) is 17.6. The summed E-state index contributed by atoms with van der Waals surface area (Å²) in [6, 6.07) is 7.42. The van der Waals surface area contributed by atoms with Crippen LogP contribution in [0.5, 0.6) is 5.75 Å². The van der Waals surface area contributed by atoms with Gasteiger partial charge in [0.05, 0.1) is 13.5 Å². The lowest BCUT2D eigenvalue weighted by atomic mass is 10.1. The number of ether oxygens (including phenoxy) is 2. The molecular weight excluding hydrogens is 294 g/mol. The highest BCUT2D eigenvalue weighted by Gasteiger charge is 2.20. The molecule has 5 nitrogen and oxygen atoms in total. The Balaban J connectivity index is 1.73. The molecule has 23 heavy (non-hydrogen) atoms. The highest BCUT2D eigenvalue weighted by molar-refractivity contribution is 5.83. The maximum Gasteiger partial charge on any atom is 0.307 e. The molecule has 1 aromatic carbocycles. The molecule has 1 N–H and O–H groups in total. The van der Waals surface area contributed by atoms with Crippen LogP contribution in [0.4, 0.5) is 0 Å². The van der Waals surface area contributed by atoms with Gasteiger partial charge in [-0.25, -0.2) is 0 Å². The zero-order chi connectivity index (χ0) is 16.7. The minimum Gasteiger partial charge on any atom is -0.497 e. The lowest BCUT2D eigenvalue weighted by Gasteiger charge is -2.15. The Labute approximate surface area is 136 Å². The molecule has 0 heterocycles. The summed E-state index contributed by atoms with van der Waals surface area (Å²) < 4.78 is 10.3. The van der Waals surface area contributed by atoms with Gasteiger partial charge in [-0.3, -0.25) is 9.59 Å². The molecule has 5 heteroatoms. The Morgan fingerprint density at radius 2 is 2.04 bits per heavy atom. The Bertz CT molecular complexity index is 565. The fraction of sp³-hybridized carbons (Fsp3) is 0.444. The first-order chi connectivity index (χ1) is 11.1. The monoisotopic (exact) mass is 317 g/mol. The average Bonchev–Trinajstić information content (AvgIpc) is 3.05. The molecule has 0 fully saturated rings. The standard InChI is InChI=1S/C18H23NO4/c1-13(23-17(20)11-14-5-3-4-6-14)18(21)19-12-15-7-9-16(22-2)10-8-15/h3,5,7-10,13-14H,4,6,11-12H2,1-2H3,(H,19,21)/t13-,14-/m1/s1. The molecule has 1 amide bonds. The van der Waals surface area contributed by atoms with E-state index >= 15 is 0 Å². The Morgan fingerprint density at radius 1 is 1.30 bits per heavy atom. The van der Waals surface area contributed by atoms with Gasteiger partial charge in [-0.05, 0) is 43.4 Å². The number of carbonyl (C=O) groups excluding carboxylic acids is 2. The van der Waals surface area contributed by atoms with E-state index in [1.165, 1.54) is 0 Å². The van der Waals surface area contributed by atoms with E-state index in [1.807, 2.05) is 30.3 Å². The van der Waals surface area contributed by atoms with Gasteiger partial charge >= 0.3 is 5.97 Å². The molecule has 0 bridgehead atoms. The number of amides is 1. The summed E-state index contributed by atoms with van der Waals surface area (Å²) >= 11 is 0.